The van der Waals surface area contributed by atoms with Gasteiger partial charge in [0.25, 0.3) is 0 Å². The van der Waals surface area contributed by atoms with Crippen molar-refractivity contribution in [1.82, 2.24) is 5.32 Å². The van der Waals surface area contributed by atoms with Gasteiger partial charge in [-0.2, -0.15) is 0 Å². The summed E-state index contributed by atoms with van der Waals surface area (Å²) >= 11 is 0. The normalized spacial score (nSPS) is 38.4. The van der Waals surface area contributed by atoms with Gasteiger partial charge in [-0.25, -0.2) is 0 Å². The van der Waals surface area contributed by atoms with Crippen LogP contribution in [-0.2, 0) is 9.47 Å². The fourth-order valence-corrected chi connectivity index (χ4v) is 1.36. The third-order valence-corrected chi connectivity index (χ3v) is 1.85. The lowest BCUT2D eigenvalue weighted by atomic mass is 10.2. The van der Waals surface area contributed by atoms with E-state index in [1.165, 1.54) is 0 Å². The smallest absolute Gasteiger partial charge is 0.0974 e. The molecule has 0 amide bonds. The molecule has 0 radical (unpaired) electrons. The van der Waals surface area contributed by atoms with Crippen molar-refractivity contribution in [2.45, 2.75) is 12.2 Å². The zero-order valence-electron chi connectivity index (χ0n) is 5.71. The van der Waals surface area contributed by atoms with E-state index in [1.807, 2.05) is 0 Å². The predicted molar refractivity (Wildman–Crippen MR) is 39.6 cm³/mol. The third kappa shape index (κ3) is 1.42. The Morgan fingerprint density at radius 3 is 2.00 bits per heavy atom. The number of fused-ring (bicyclic) bond motifs is 1. The number of ether oxygens (including phenoxy) is 2. The van der Waals surface area contributed by atoms with Crippen LogP contribution in [0.1, 0.15) is 0 Å². The first-order valence-corrected chi connectivity index (χ1v) is 3.41. The van der Waals surface area contributed by atoms with E-state index in [0.29, 0.717) is 12.2 Å². The van der Waals surface area contributed by atoms with Crippen molar-refractivity contribution >= 4 is 12.4 Å². The molecular weight excluding hydrogens is 154 g/mol. The van der Waals surface area contributed by atoms with E-state index in [4.69, 9.17) is 9.47 Å². The summed E-state index contributed by atoms with van der Waals surface area (Å²) in [7, 11) is 0. The highest BCUT2D eigenvalue weighted by atomic mass is 35.5. The second-order valence-corrected chi connectivity index (χ2v) is 2.48. The fourth-order valence-electron chi connectivity index (χ4n) is 1.36. The van der Waals surface area contributed by atoms with Gasteiger partial charge in [-0.3, -0.25) is 0 Å². The highest BCUT2D eigenvalue weighted by Crippen LogP contribution is 2.12. The second kappa shape index (κ2) is 3.53. The van der Waals surface area contributed by atoms with Crippen LogP contribution in [0.5, 0.6) is 0 Å². The van der Waals surface area contributed by atoms with Crippen molar-refractivity contribution in [3.63, 3.8) is 0 Å². The lowest BCUT2D eigenvalue weighted by molar-refractivity contribution is -0.116. The van der Waals surface area contributed by atoms with Gasteiger partial charge in [-0.15, -0.1) is 12.4 Å². The number of rotatable bonds is 0. The Morgan fingerprint density at radius 2 is 1.50 bits per heavy atom. The highest BCUT2D eigenvalue weighted by molar-refractivity contribution is 5.85. The van der Waals surface area contributed by atoms with Crippen molar-refractivity contribution in [2.75, 3.05) is 26.3 Å². The van der Waals surface area contributed by atoms with E-state index in [1.54, 1.807) is 0 Å². The van der Waals surface area contributed by atoms with Gasteiger partial charge in [0.05, 0.1) is 25.4 Å². The molecule has 1 N–H and O–H groups in total. The molecule has 10 heavy (non-hydrogen) atoms. The van der Waals surface area contributed by atoms with Crippen LogP contribution < -0.4 is 5.32 Å². The average Bonchev–Trinajstić information content (AvgIpc) is 2.33. The van der Waals surface area contributed by atoms with E-state index in [0.717, 1.165) is 26.3 Å². The van der Waals surface area contributed by atoms with Gasteiger partial charge in [-0.05, 0) is 0 Å². The quantitative estimate of drug-likeness (QED) is 0.539. The highest BCUT2D eigenvalue weighted by Gasteiger charge is 2.30. The van der Waals surface area contributed by atoms with Crippen LogP contribution >= 0.6 is 12.4 Å². The van der Waals surface area contributed by atoms with E-state index in [2.05, 4.69) is 5.32 Å². The van der Waals surface area contributed by atoms with Crippen molar-refractivity contribution in [3.05, 3.63) is 0 Å². The Morgan fingerprint density at radius 1 is 1.00 bits per heavy atom. The standard InChI is InChI=1S/C6H11NO2.ClH/c1-2-9-6-4-7-3-5(6)8-1;/h5-7H,1-4H2;1H/t5-,6-;/m0./s1. The minimum Gasteiger partial charge on any atom is -0.372 e. The lowest BCUT2D eigenvalue weighted by Gasteiger charge is -2.24. The molecule has 4 heteroatoms. The van der Waals surface area contributed by atoms with Gasteiger partial charge in [0.2, 0.25) is 0 Å². The Hall–Kier alpha value is 0.170. The molecule has 0 aliphatic carbocycles. The largest absolute Gasteiger partial charge is 0.372 e. The summed E-state index contributed by atoms with van der Waals surface area (Å²) in [4.78, 5) is 0. The van der Waals surface area contributed by atoms with Crippen molar-refractivity contribution < 1.29 is 9.47 Å². The molecule has 0 unspecified atom stereocenters. The zero-order chi connectivity index (χ0) is 6.10. The molecule has 2 aliphatic rings. The monoisotopic (exact) mass is 165 g/mol. The van der Waals surface area contributed by atoms with Crippen LogP contribution in [-0.4, -0.2) is 38.5 Å². The molecule has 0 bridgehead atoms. The van der Waals surface area contributed by atoms with Gasteiger partial charge in [0.15, 0.2) is 0 Å². The topological polar surface area (TPSA) is 30.5 Å². The van der Waals surface area contributed by atoms with Crippen LogP contribution in [0.3, 0.4) is 0 Å². The molecule has 2 aliphatic heterocycles. The number of hydrogen-bond donors (Lipinski definition) is 1. The maximum Gasteiger partial charge on any atom is 0.0974 e. The van der Waals surface area contributed by atoms with Crippen molar-refractivity contribution in [1.29, 1.82) is 0 Å². The molecule has 2 saturated heterocycles. The fraction of sp³-hybridized carbons (Fsp3) is 1.00. The molecule has 0 aromatic carbocycles. The average molecular weight is 166 g/mol. The predicted octanol–water partition coefficient (Wildman–Crippen LogP) is -0.205. The molecule has 60 valence electrons. The first-order chi connectivity index (χ1) is 4.47. The van der Waals surface area contributed by atoms with Crippen molar-refractivity contribution in [2.24, 2.45) is 0 Å². The van der Waals surface area contributed by atoms with Gasteiger partial charge in [0, 0.05) is 13.1 Å². The van der Waals surface area contributed by atoms with Crippen LogP contribution in [0.15, 0.2) is 0 Å². The van der Waals surface area contributed by atoms with Crippen molar-refractivity contribution in [3.8, 4) is 0 Å². The Labute approximate surface area is 66.5 Å². The molecular formula is C6H12ClNO2. The summed E-state index contributed by atoms with van der Waals surface area (Å²) in [6, 6.07) is 0. The summed E-state index contributed by atoms with van der Waals surface area (Å²) in [5, 5.41) is 3.21. The van der Waals surface area contributed by atoms with E-state index in [9.17, 15) is 0 Å². The van der Waals surface area contributed by atoms with Gasteiger partial charge in [-0.1, -0.05) is 0 Å². The lowest BCUT2D eigenvalue weighted by Crippen LogP contribution is -2.36. The maximum absolute atomic E-state index is 5.41. The van der Waals surface area contributed by atoms with E-state index < -0.39 is 0 Å². The second-order valence-electron chi connectivity index (χ2n) is 2.48. The Bertz CT molecular complexity index is 99.9. The molecule has 2 rings (SSSR count). The third-order valence-electron chi connectivity index (χ3n) is 1.85. The summed E-state index contributed by atoms with van der Waals surface area (Å²) in [5.41, 5.74) is 0. The number of nitrogens with one attached hydrogen (secondary N) is 1. The summed E-state index contributed by atoms with van der Waals surface area (Å²) in [6.45, 7) is 3.46. The minimum absolute atomic E-state index is 0. The summed E-state index contributed by atoms with van der Waals surface area (Å²) in [6.07, 6.45) is 0.664. The Balaban J connectivity index is 0.000000500. The zero-order valence-corrected chi connectivity index (χ0v) is 6.52. The van der Waals surface area contributed by atoms with E-state index >= 15 is 0 Å². The van der Waals surface area contributed by atoms with Crippen LogP contribution in [0.4, 0.5) is 0 Å². The van der Waals surface area contributed by atoms with Crippen LogP contribution in [0.2, 0.25) is 0 Å². The van der Waals surface area contributed by atoms with Gasteiger partial charge >= 0.3 is 0 Å². The SMILES string of the molecule is C1CO[C@H]2CNC[C@@H]2O1.Cl. The number of hydrogen-bond acceptors (Lipinski definition) is 3. The molecule has 0 aromatic rings. The van der Waals surface area contributed by atoms with Crippen LogP contribution in [0, 0.1) is 0 Å². The Kier molecular flexibility index (Phi) is 2.92. The molecule has 2 heterocycles. The summed E-state index contributed by atoms with van der Waals surface area (Å²) < 4.78 is 10.8. The van der Waals surface area contributed by atoms with Gasteiger partial charge < -0.3 is 14.8 Å². The van der Waals surface area contributed by atoms with E-state index in [-0.39, 0.29) is 12.4 Å². The van der Waals surface area contributed by atoms with Gasteiger partial charge in [0.1, 0.15) is 0 Å². The number of halogens is 1. The minimum atomic E-state index is 0. The van der Waals surface area contributed by atoms with Crippen LogP contribution in [0.25, 0.3) is 0 Å². The molecule has 0 saturated carbocycles. The molecule has 0 spiro atoms. The maximum atomic E-state index is 5.41. The first-order valence-electron chi connectivity index (χ1n) is 3.41. The molecule has 2 fully saturated rings. The summed E-state index contributed by atoms with van der Waals surface area (Å²) in [5.74, 6) is 0. The molecule has 0 aromatic heterocycles. The molecule has 2 atom stereocenters. The molecule has 3 nitrogen and oxygen atoms in total. The first kappa shape index (κ1) is 8.27.